The van der Waals surface area contributed by atoms with Gasteiger partial charge in [0.2, 0.25) is 11.8 Å². The Labute approximate surface area is 240 Å². The molecule has 2 atom stereocenters. The second-order valence-corrected chi connectivity index (χ2v) is 10.4. The largest absolute Gasteiger partial charge is 0.366 e. The Hall–Kier alpha value is -4.99. The molecule has 1 aliphatic heterocycles. The van der Waals surface area contributed by atoms with Gasteiger partial charge in [-0.2, -0.15) is 0 Å². The number of amides is 3. The van der Waals surface area contributed by atoms with E-state index in [-0.39, 0.29) is 29.9 Å². The summed E-state index contributed by atoms with van der Waals surface area (Å²) in [7, 11) is 0. The first-order valence-corrected chi connectivity index (χ1v) is 13.2. The van der Waals surface area contributed by atoms with Crippen molar-refractivity contribution in [1.29, 1.82) is 0 Å². The van der Waals surface area contributed by atoms with E-state index in [9.17, 15) is 27.6 Å². The highest BCUT2D eigenvalue weighted by Gasteiger charge is 2.34. The number of rotatable bonds is 8. The topological polar surface area (TPSA) is 114 Å². The van der Waals surface area contributed by atoms with Crippen LogP contribution >= 0.6 is 0 Å². The summed E-state index contributed by atoms with van der Waals surface area (Å²) in [6, 6.07) is 13.0. The quantitative estimate of drug-likeness (QED) is 0.262. The molecule has 4 aromatic rings. The van der Waals surface area contributed by atoms with E-state index in [1.54, 1.807) is 12.1 Å². The van der Waals surface area contributed by atoms with Gasteiger partial charge in [-0.25, -0.2) is 13.2 Å². The van der Waals surface area contributed by atoms with Crippen LogP contribution in [0.2, 0.25) is 0 Å². The number of pyridine rings is 1. The summed E-state index contributed by atoms with van der Waals surface area (Å²) < 4.78 is 42.4. The van der Waals surface area contributed by atoms with Crippen molar-refractivity contribution < 1.29 is 27.6 Å². The van der Waals surface area contributed by atoms with Gasteiger partial charge in [-0.3, -0.25) is 19.4 Å². The fourth-order valence-corrected chi connectivity index (χ4v) is 5.53. The van der Waals surface area contributed by atoms with Crippen LogP contribution in [0.25, 0.3) is 11.1 Å². The lowest BCUT2D eigenvalue weighted by atomic mass is 9.91. The molecule has 1 aromatic heterocycles. The molecular weight excluding hydrogens is 545 g/mol. The van der Waals surface area contributed by atoms with E-state index in [0.717, 1.165) is 41.0 Å². The number of nitrogens with one attached hydrogen (secondary N) is 2. The number of fused-ring (bicyclic) bond motifs is 1. The number of primary amides is 1. The predicted octanol–water partition coefficient (Wildman–Crippen LogP) is 5.41. The molecule has 4 N–H and O–H groups in total. The molecule has 1 unspecified atom stereocenters. The zero-order chi connectivity index (χ0) is 30.1. The van der Waals surface area contributed by atoms with Crippen LogP contribution < -0.4 is 16.4 Å². The Morgan fingerprint density at radius 2 is 1.76 bits per heavy atom. The highest BCUT2D eigenvalue weighted by atomic mass is 19.1. The van der Waals surface area contributed by atoms with Gasteiger partial charge in [0.15, 0.2) is 0 Å². The molecule has 214 valence electrons. The number of aryl methyl sites for hydroxylation is 2. The van der Waals surface area contributed by atoms with Gasteiger partial charge >= 0.3 is 0 Å². The second kappa shape index (κ2) is 11.5. The van der Waals surface area contributed by atoms with Crippen molar-refractivity contribution in [3.63, 3.8) is 0 Å². The summed E-state index contributed by atoms with van der Waals surface area (Å²) in [6.45, 7) is 3.79. The van der Waals surface area contributed by atoms with Crippen molar-refractivity contribution in [3.05, 3.63) is 118 Å². The van der Waals surface area contributed by atoms with E-state index >= 15 is 0 Å². The third kappa shape index (κ3) is 5.88. The van der Waals surface area contributed by atoms with Crippen LogP contribution in [-0.2, 0) is 16.0 Å². The molecule has 2 heterocycles. The van der Waals surface area contributed by atoms with E-state index < -0.39 is 41.2 Å². The zero-order valence-electron chi connectivity index (χ0n) is 22.8. The highest BCUT2D eigenvalue weighted by Crippen LogP contribution is 2.38. The standard InChI is InChI=1S/C32H27F3N4O3/c1-16-8-17(2)29-24(32(42)39-26(29)9-16)15-28(40)38-27(12-18-10-20(33)14-21(34)11-18)30-22(4-3-7-37-30)19-5-6-25(35)23(13-19)31(36)41/h3-11,13-14,24,27H,12,15H2,1-2H3,(H2,36,41)(H,38,40)(H,39,42)/t24?,27-/m0/s1. The van der Waals surface area contributed by atoms with Gasteiger partial charge in [0.1, 0.15) is 17.5 Å². The van der Waals surface area contributed by atoms with Gasteiger partial charge < -0.3 is 16.4 Å². The molecule has 0 aliphatic carbocycles. The number of nitrogens with zero attached hydrogens (tertiary/aromatic N) is 1. The normalized spacial score (nSPS) is 14.7. The Morgan fingerprint density at radius 1 is 1.02 bits per heavy atom. The van der Waals surface area contributed by atoms with Gasteiger partial charge in [0.05, 0.1) is 23.2 Å². The molecule has 0 saturated carbocycles. The number of benzene rings is 3. The van der Waals surface area contributed by atoms with Crippen LogP contribution in [0.1, 0.15) is 56.7 Å². The smallest absolute Gasteiger partial charge is 0.251 e. The van der Waals surface area contributed by atoms with Gasteiger partial charge in [0, 0.05) is 29.9 Å². The first-order chi connectivity index (χ1) is 20.0. The molecule has 10 heteroatoms. The number of anilines is 1. The summed E-state index contributed by atoms with van der Waals surface area (Å²) in [5.74, 6) is -4.85. The van der Waals surface area contributed by atoms with E-state index in [0.29, 0.717) is 22.5 Å². The number of hydrogen-bond acceptors (Lipinski definition) is 4. The first-order valence-electron chi connectivity index (χ1n) is 13.2. The molecule has 0 spiro atoms. The predicted molar refractivity (Wildman–Crippen MR) is 151 cm³/mol. The lowest BCUT2D eigenvalue weighted by Gasteiger charge is -2.22. The lowest BCUT2D eigenvalue weighted by Crippen LogP contribution is -2.33. The van der Waals surface area contributed by atoms with Crippen molar-refractivity contribution in [1.82, 2.24) is 10.3 Å². The minimum Gasteiger partial charge on any atom is -0.366 e. The third-order valence-corrected chi connectivity index (χ3v) is 7.25. The molecule has 3 aromatic carbocycles. The second-order valence-electron chi connectivity index (χ2n) is 10.4. The minimum atomic E-state index is -0.958. The average Bonchev–Trinajstić information content (AvgIpc) is 3.22. The van der Waals surface area contributed by atoms with E-state index in [1.165, 1.54) is 18.3 Å². The summed E-state index contributed by atoms with van der Waals surface area (Å²) >= 11 is 0. The first kappa shape index (κ1) is 28.5. The van der Waals surface area contributed by atoms with Crippen LogP contribution in [0.3, 0.4) is 0 Å². The highest BCUT2D eigenvalue weighted by molar-refractivity contribution is 6.05. The number of carbonyl (C=O) groups is 3. The maximum absolute atomic E-state index is 14.2. The summed E-state index contributed by atoms with van der Waals surface area (Å²) in [4.78, 5) is 42.6. The molecule has 0 radical (unpaired) electrons. The van der Waals surface area contributed by atoms with E-state index in [2.05, 4.69) is 15.6 Å². The molecular formula is C32H27F3N4O3. The molecule has 0 saturated heterocycles. The van der Waals surface area contributed by atoms with Crippen LogP contribution in [0.5, 0.6) is 0 Å². The van der Waals surface area contributed by atoms with Crippen molar-refractivity contribution in [2.24, 2.45) is 5.73 Å². The number of carbonyl (C=O) groups excluding carboxylic acids is 3. The lowest BCUT2D eigenvalue weighted by molar-refractivity contribution is -0.125. The molecule has 3 amide bonds. The van der Waals surface area contributed by atoms with E-state index in [1.807, 2.05) is 26.0 Å². The van der Waals surface area contributed by atoms with Gasteiger partial charge in [-0.15, -0.1) is 0 Å². The minimum absolute atomic E-state index is 0.0556. The van der Waals surface area contributed by atoms with Gasteiger partial charge in [0.25, 0.3) is 5.91 Å². The average molecular weight is 573 g/mol. The van der Waals surface area contributed by atoms with Crippen LogP contribution in [0.15, 0.2) is 66.9 Å². The zero-order valence-corrected chi connectivity index (χ0v) is 22.8. The van der Waals surface area contributed by atoms with Crippen LogP contribution in [0.4, 0.5) is 18.9 Å². The Balaban J connectivity index is 1.52. The number of hydrogen-bond donors (Lipinski definition) is 3. The molecule has 5 rings (SSSR count). The maximum Gasteiger partial charge on any atom is 0.251 e. The van der Waals surface area contributed by atoms with Crippen LogP contribution in [-0.4, -0.2) is 22.7 Å². The molecule has 1 aliphatic rings. The fraction of sp³-hybridized carbons (Fsp3) is 0.188. The summed E-state index contributed by atoms with van der Waals surface area (Å²) in [5, 5.41) is 5.74. The summed E-state index contributed by atoms with van der Waals surface area (Å²) in [6.07, 6.45) is 1.25. The number of halogens is 3. The van der Waals surface area contributed by atoms with E-state index in [4.69, 9.17) is 5.73 Å². The Bertz CT molecular complexity index is 1720. The van der Waals surface area contributed by atoms with Crippen LogP contribution in [0, 0.1) is 31.3 Å². The Morgan fingerprint density at radius 3 is 2.48 bits per heavy atom. The molecule has 7 nitrogen and oxygen atoms in total. The van der Waals surface area contributed by atoms with Gasteiger partial charge in [-0.05, 0) is 84.5 Å². The van der Waals surface area contributed by atoms with Crippen molar-refractivity contribution in [2.45, 2.75) is 38.6 Å². The number of nitrogens with two attached hydrogens (primary N) is 1. The summed E-state index contributed by atoms with van der Waals surface area (Å²) in [5.41, 5.74) is 9.67. The van der Waals surface area contributed by atoms with Crippen molar-refractivity contribution >= 4 is 23.4 Å². The molecule has 42 heavy (non-hydrogen) atoms. The number of aromatic nitrogens is 1. The third-order valence-electron chi connectivity index (χ3n) is 7.25. The fourth-order valence-electron chi connectivity index (χ4n) is 5.53. The molecule has 0 fully saturated rings. The monoisotopic (exact) mass is 572 g/mol. The molecule has 0 bridgehead atoms. The van der Waals surface area contributed by atoms with Gasteiger partial charge in [-0.1, -0.05) is 18.2 Å². The van der Waals surface area contributed by atoms with Crippen molar-refractivity contribution in [3.8, 4) is 11.1 Å². The maximum atomic E-state index is 14.2. The van der Waals surface area contributed by atoms with Crippen molar-refractivity contribution in [2.75, 3.05) is 5.32 Å². The Kier molecular flexibility index (Phi) is 7.80. The SMILES string of the molecule is Cc1cc(C)c2c(c1)NC(=O)C2CC(=O)N[C@@H](Cc1cc(F)cc(F)c1)c1ncccc1-c1ccc(F)c(C(N)=O)c1.